The summed E-state index contributed by atoms with van der Waals surface area (Å²) in [5.41, 5.74) is 1.64. The summed E-state index contributed by atoms with van der Waals surface area (Å²) in [6.07, 6.45) is 4.37. The van der Waals surface area contributed by atoms with Crippen LogP contribution in [0.25, 0.3) is 0 Å². The summed E-state index contributed by atoms with van der Waals surface area (Å²) in [4.78, 5) is 4.05. The first kappa shape index (κ1) is 8.05. The van der Waals surface area contributed by atoms with E-state index in [1.165, 1.54) is 0 Å². The van der Waals surface area contributed by atoms with Gasteiger partial charge in [0, 0.05) is 12.6 Å². The van der Waals surface area contributed by atoms with Crippen molar-refractivity contribution in [2.75, 3.05) is 0 Å². The molecule has 1 rings (SSSR count). The minimum absolute atomic E-state index is 0.388. The normalized spacial score (nSPS) is 19.9. The number of aliphatic hydroxyl groups excluding tert-OH is 1. The highest BCUT2D eigenvalue weighted by Gasteiger charge is 2.13. The van der Waals surface area contributed by atoms with Crippen molar-refractivity contribution in [2.24, 2.45) is 4.99 Å². The second-order valence-corrected chi connectivity index (χ2v) is 2.64. The van der Waals surface area contributed by atoms with Crippen molar-refractivity contribution in [3.05, 3.63) is 23.6 Å². The van der Waals surface area contributed by atoms with Crippen LogP contribution in [0.1, 0.15) is 26.2 Å². The third-order valence-electron chi connectivity index (χ3n) is 1.76. The monoisotopic (exact) mass is 151 g/mol. The predicted octanol–water partition coefficient (Wildman–Crippen LogP) is 2.59. The largest absolute Gasteiger partial charge is 0.510 e. The Morgan fingerprint density at radius 2 is 2.27 bits per heavy atom. The average Bonchev–Trinajstić information content (AvgIpc) is 1.97. The molecule has 0 bridgehead atoms. The first-order valence-corrected chi connectivity index (χ1v) is 3.84. The van der Waals surface area contributed by atoms with Crippen LogP contribution in [0.15, 0.2) is 28.6 Å². The van der Waals surface area contributed by atoms with Gasteiger partial charge in [-0.3, -0.25) is 4.99 Å². The van der Waals surface area contributed by atoms with E-state index in [1.54, 1.807) is 6.21 Å². The summed E-state index contributed by atoms with van der Waals surface area (Å²) < 4.78 is 0. The lowest BCUT2D eigenvalue weighted by Crippen LogP contribution is -2.00. The van der Waals surface area contributed by atoms with E-state index >= 15 is 0 Å². The van der Waals surface area contributed by atoms with Gasteiger partial charge in [0.25, 0.3) is 0 Å². The minimum atomic E-state index is 0.388. The van der Waals surface area contributed by atoms with Crippen LogP contribution in [0.2, 0.25) is 0 Å². The molecule has 60 valence electrons. The van der Waals surface area contributed by atoms with Gasteiger partial charge in [0.05, 0.1) is 0 Å². The Labute approximate surface area is 67.0 Å². The zero-order valence-electron chi connectivity index (χ0n) is 6.80. The van der Waals surface area contributed by atoms with Gasteiger partial charge in [-0.2, -0.15) is 0 Å². The van der Waals surface area contributed by atoms with Gasteiger partial charge in [0.15, 0.2) is 0 Å². The summed E-state index contributed by atoms with van der Waals surface area (Å²) in [6, 6.07) is 0. The molecule has 0 unspecified atom stereocenters. The van der Waals surface area contributed by atoms with Crippen LogP contribution < -0.4 is 0 Å². The van der Waals surface area contributed by atoms with E-state index in [9.17, 15) is 5.11 Å². The lowest BCUT2D eigenvalue weighted by atomic mass is 9.99. The van der Waals surface area contributed by atoms with Gasteiger partial charge in [-0.25, -0.2) is 0 Å². The number of aliphatic imine (C=N–C) groups is 1. The highest BCUT2D eigenvalue weighted by Crippen LogP contribution is 2.27. The molecule has 0 aromatic carbocycles. The molecule has 0 radical (unpaired) electrons. The summed E-state index contributed by atoms with van der Waals surface area (Å²) in [7, 11) is 0. The highest BCUT2D eigenvalue weighted by molar-refractivity contribution is 5.57. The number of allylic oxidation sites excluding steroid dienone is 2. The van der Waals surface area contributed by atoms with Crippen LogP contribution in [-0.4, -0.2) is 11.3 Å². The molecule has 0 spiro atoms. The fraction of sp³-hybridized carbons (Fsp3) is 0.444. The van der Waals surface area contributed by atoms with Gasteiger partial charge in [0.2, 0.25) is 0 Å². The van der Waals surface area contributed by atoms with E-state index in [4.69, 9.17) is 0 Å². The van der Waals surface area contributed by atoms with Gasteiger partial charge < -0.3 is 5.11 Å². The van der Waals surface area contributed by atoms with E-state index in [-0.39, 0.29) is 0 Å². The van der Waals surface area contributed by atoms with Crippen molar-refractivity contribution < 1.29 is 5.11 Å². The third-order valence-corrected chi connectivity index (χ3v) is 1.76. The molecule has 0 saturated carbocycles. The van der Waals surface area contributed by atoms with E-state index in [0.717, 1.165) is 24.8 Å². The third kappa shape index (κ3) is 1.70. The second-order valence-electron chi connectivity index (χ2n) is 2.64. The summed E-state index contributed by atoms with van der Waals surface area (Å²) in [5.74, 6) is 0.388. The molecule has 0 amide bonds. The van der Waals surface area contributed by atoms with Crippen molar-refractivity contribution in [3.63, 3.8) is 0 Å². The fourth-order valence-electron chi connectivity index (χ4n) is 1.20. The van der Waals surface area contributed by atoms with Gasteiger partial charge in [-0.05, 0) is 25.3 Å². The van der Waals surface area contributed by atoms with E-state index < -0.39 is 0 Å². The molecule has 0 atom stereocenters. The van der Waals surface area contributed by atoms with Crippen LogP contribution in [0, 0.1) is 0 Å². The number of hydrogen-bond acceptors (Lipinski definition) is 2. The van der Waals surface area contributed by atoms with Crippen molar-refractivity contribution in [3.8, 4) is 0 Å². The lowest BCUT2D eigenvalue weighted by molar-refractivity contribution is 0.369. The molecular formula is C9H13NO. The van der Waals surface area contributed by atoms with Gasteiger partial charge in [-0.1, -0.05) is 6.58 Å². The molecule has 2 heteroatoms. The van der Waals surface area contributed by atoms with Crippen LogP contribution in [0.5, 0.6) is 0 Å². The molecule has 0 aromatic heterocycles. The molecule has 1 aliphatic carbocycles. The molecule has 2 nitrogen and oxygen atoms in total. The molecule has 1 aliphatic rings. The molecule has 1 N–H and O–H groups in total. The topological polar surface area (TPSA) is 32.6 Å². The average molecular weight is 151 g/mol. The van der Waals surface area contributed by atoms with Crippen molar-refractivity contribution in [1.29, 1.82) is 0 Å². The van der Waals surface area contributed by atoms with E-state index in [0.29, 0.717) is 11.5 Å². The Morgan fingerprint density at radius 3 is 2.82 bits per heavy atom. The molecule has 0 aromatic rings. The standard InChI is InChI=1S/C9H13NO/c1-3-10-9-7(2)5-4-6-8(9)11/h3,11H,2,4-6H2,1H3. The van der Waals surface area contributed by atoms with Crippen LogP contribution >= 0.6 is 0 Å². The zero-order chi connectivity index (χ0) is 8.27. The van der Waals surface area contributed by atoms with Gasteiger partial charge >= 0.3 is 0 Å². The molecule has 0 aliphatic heterocycles. The van der Waals surface area contributed by atoms with Crippen molar-refractivity contribution in [2.45, 2.75) is 26.2 Å². The highest BCUT2D eigenvalue weighted by atomic mass is 16.3. The summed E-state index contributed by atoms with van der Waals surface area (Å²) in [6.45, 7) is 5.67. The number of rotatable bonds is 1. The van der Waals surface area contributed by atoms with Crippen LogP contribution in [-0.2, 0) is 0 Å². The Bertz CT molecular complexity index is 226. The molecule has 0 heterocycles. The predicted molar refractivity (Wildman–Crippen MR) is 46.8 cm³/mol. The van der Waals surface area contributed by atoms with Crippen LogP contribution in [0.4, 0.5) is 0 Å². The number of nitrogens with zero attached hydrogens (tertiary/aromatic N) is 1. The van der Waals surface area contributed by atoms with Gasteiger partial charge in [0.1, 0.15) is 11.5 Å². The van der Waals surface area contributed by atoms with Crippen molar-refractivity contribution in [1.82, 2.24) is 0 Å². The maximum absolute atomic E-state index is 9.38. The zero-order valence-corrected chi connectivity index (χ0v) is 6.80. The van der Waals surface area contributed by atoms with E-state index in [2.05, 4.69) is 11.6 Å². The smallest absolute Gasteiger partial charge is 0.118 e. The van der Waals surface area contributed by atoms with Crippen molar-refractivity contribution >= 4 is 6.21 Å². The Balaban J connectivity index is 2.91. The fourth-order valence-corrected chi connectivity index (χ4v) is 1.20. The Hall–Kier alpha value is -1.05. The Morgan fingerprint density at radius 1 is 1.55 bits per heavy atom. The first-order valence-electron chi connectivity index (χ1n) is 3.84. The summed E-state index contributed by atoms with van der Waals surface area (Å²) >= 11 is 0. The Kier molecular flexibility index (Phi) is 2.47. The second kappa shape index (κ2) is 3.37. The number of aliphatic hydroxyl groups is 1. The van der Waals surface area contributed by atoms with E-state index in [1.807, 2.05) is 6.92 Å². The molecule has 0 fully saturated rings. The van der Waals surface area contributed by atoms with Gasteiger partial charge in [-0.15, -0.1) is 0 Å². The van der Waals surface area contributed by atoms with Crippen LogP contribution in [0.3, 0.4) is 0 Å². The maximum atomic E-state index is 9.38. The minimum Gasteiger partial charge on any atom is -0.510 e. The number of hydrogen-bond donors (Lipinski definition) is 1. The first-order chi connectivity index (χ1) is 5.25. The quantitative estimate of drug-likeness (QED) is 0.574. The SMILES string of the molecule is C=C1CCCC(O)=C1N=CC. The lowest BCUT2D eigenvalue weighted by Gasteiger charge is -2.14. The molecule has 11 heavy (non-hydrogen) atoms. The molecule has 0 saturated heterocycles. The molecular weight excluding hydrogens is 138 g/mol. The summed E-state index contributed by atoms with van der Waals surface area (Å²) in [5, 5.41) is 9.38. The maximum Gasteiger partial charge on any atom is 0.118 e.